The molecular weight excluding hydrogens is 434 g/mol. The number of halogens is 1. The molecule has 2 unspecified atom stereocenters. The van der Waals surface area contributed by atoms with Crippen molar-refractivity contribution in [1.82, 2.24) is 0 Å². The molecule has 31 heavy (non-hydrogen) atoms. The van der Waals surface area contributed by atoms with E-state index < -0.39 is 0 Å². The van der Waals surface area contributed by atoms with Crippen LogP contribution in [0.5, 0.6) is 5.75 Å². The van der Waals surface area contributed by atoms with E-state index in [-0.39, 0.29) is 30.2 Å². The highest BCUT2D eigenvalue weighted by atomic mass is 35.5. The van der Waals surface area contributed by atoms with Crippen molar-refractivity contribution in [3.05, 3.63) is 40.6 Å². The Bertz CT molecular complexity index is 778. The fourth-order valence-electron chi connectivity index (χ4n) is 3.74. The molecule has 1 aliphatic rings. The van der Waals surface area contributed by atoms with Crippen molar-refractivity contribution >= 4 is 34.9 Å². The lowest BCUT2D eigenvalue weighted by Gasteiger charge is -2.26. The minimum Gasteiger partial charge on any atom is -0.511 e. The minimum absolute atomic E-state index is 0.0382. The van der Waals surface area contributed by atoms with Gasteiger partial charge in [-0.1, -0.05) is 43.9 Å². The zero-order chi connectivity index (χ0) is 22.8. The van der Waals surface area contributed by atoms with E-state index in [9.17, 15) is 9.90 Å². The minimum atomic E-state index is -0.237. The molecule has 172 valence electrons. The lowest BCUT2D eigenvalue weighted by molar-refractivity contribution is -0.116. The Morgan fingerprint density at radius 3 is 2.58 bits per heavy atom. The van der Waals surface area contributed by atoms with Crippen LogP contribution in [0.4, 0.5) is 0 Å². The Morgan fingerprint density at radius 1 is 1.26 bits per heavy atom. The third-order valence-electron chi connectivity index (χ3n) is 5.05. The molecule has 0 radical (unpaired) electrons. The fourth-order valence-corrected chi connectivity index (χ4v) is 4.84. The van der Waals surface area contributed by atoms with Crippen molar-refractivity contribution in [1.29, 1.82) is 0 Å². The van der Waals surface area contributed by atoms with Crippen LogP contribution in [0.15, 0.2) is 40.8 Å². The van der Waals surface area contributed by atoms with Crippen molar-refractivity contribution in [2.24, 2.45) is 11.1 Å². The van der Waals surface area contributed by atoms with Gasteiger partial charge in [-0.2, -0.15) is 11.8 Å². The van der Waals surface area contributed by atoms with E-state index in [1.54, 1.807) is 24.3 Å². The van der Waals surface area contributed by atoms with Crippen molar-refractivity contribution in [2.45, 2.75) is 71.2 Å². The number of aliphatic hydroxyl groups excluding tert-OH is 1. The number of oxime groups is 1. The molecule has 1 aromatic carbocycles. The predicted octanol–water partition coefficient (Wildman–Crippen LogP) is 6.60. The standard InChI is InChI=1S/C24H34ClNO4S/c1-5-7-21(26-29-15-16(3)30-20-10-8-19(25)9-11-20)24-22(27)13-18(14-23(24)28)12-17(4)31-6-2/h8-11,16-18,27H,5-7,12-15H2,1-4H3/t16?,17?,18-/m1/s1. The van der Waals surface area contributed by atoms with Gasteiger partial charge in [-0.15, -0.1) is 0 Å². The van der Waals surface area contributed by atoms with Gasteiger partial charge in [0.15, 0.2) is 12.4 Å². The second kappa shape index (κ2) is 13.0. The second-order valence-electron chi connectivity index (χ2n) is 7.99. The highest BCUT2D eigenvalue weighted by molar-refractivity contribution is 7.99. The number of Topliss-reactive ketones (excluding diaryl/α,β-unsaturated/α-hetero) is 1. The smallest absolute Gasteiger partial charge is 0.168 e. The number of aliphatic hydroxyl groups is 1. The summed E-state index contributed by atoms with van der Waals surface area (Å²) in [7, 11) is 0. The van der Waals surface area contributed by atoms with Gasteiger partial charge in [-0.05, 0) is 55.7 Å². The van der Waals surface area contributed by atoms with Gasteiger partial charge in [0, 0.05) is 23.1 Å². The number of rotatable bonds is 12. The maximum atomic E-state index is 12.8. The van der Waals surface area contributed by atoms with Gasteiger partial charge in [-0.3, -0.25) is 4.79 Å². The topological polar surface area (TPSA) is 68.1 Å². The number of thioether (sulfide) groups is 1. The van der Waals surface area contributed by atoms with E-state index in [4.69, 9.17) is 21.2 Å². The van der Waals surface area contributed by atoms with Crippen LogP contribution in [-0.2, 0) is 9.63 Å². The second-order valence-corrected chi connectivity index (χ2v) is 10.1. The molecule has 0 saturated carbocycles. The summed E-state index contributed by atoms with van der Waals surface area (Å²) < 4.78 is 5.79. The van der Waals surface area contributed by atoms with E-state index in [2.05, 4.69) is 19.0 Å². The first kappa shape index (κ1) is 25.6. The number of ketones is 1. The van der Waals surface area contributed by atoms with Crippen LogP contribution < -0.4 is 4.74 Å². The summed E-state index contributed by atoms with van der Waals surface area (Å²) in [5, 5.41) is 16.0. The number of hydrogen-bond acceptors (Lipinski definition) is 6. The van der Waals surface area contributed by atoms with Crippen LogP contribution in [0.25, 0.3) is 0 Å². The number of carbonyl (C=O) groups is 1. The summed E-state index contributed by atoms with van der Waals surface area (Å²) in [6.07, 6.45) is 3.04. The zero-order valence-electron chi connectivity index (χ0n) is 18.9. The number of ether oxygens (including phenoxy) is 1. The van der Waals surface area contributed by atoms with Gasteiger partial charge >= 0.3 is 0 Å². The largest absolute Gasteiger partial charge is 0.511 e. The number of allylic oxidation sites excluding steroid dienone is 2. The Balaban J connectivity index is 2.00. The van der Waals surface area contributed by atoms with Crippen molar-refractivity contribution < 1.29 is 19.5 Å². The highest BCUT2D eigenvalue weighted by Crippen LogP contribution is 2.32. The molecule has 7 heteroatoms. The molecule has 0 aromatic heterocycles. The highest BCUT2D eigenvalue weighted by Gasteiger charge is 2.31. The van der Waals surface area contributed by atoms with Gasteiger partial charge < -0.3 is 14.7 Å². The molecule has 2 rings (SSSR count). The van der Waals surface area contributed by atoms with E-state index >= 15 is 0 Å². The summed E-state index contributed by atoms with van der Waals surface area (Å²) in [6.45, 7) is 8.44. The monoisotopic (exact) mass is 467 g/mol. The SMILES string of the molecule is CCCC(=NOCC(C)Oc1ccc(Cl)cc1)C1=C(O)C[C@@H](CC(C)SCC)CC1=O. The lowest BCUT2D eigenvalue weighted by Crippen LogP contribution is -2.26. The average Bonchev–Trinajstić information content (AvgIpc) is 2.69. The summed E-state index contributed by atoms with van der Waals surface area (Å²) in [5.41, 5.74) is 0.873. The summed E-state index contributed by atoms with van der Waals surface area (Å²) >= 11 is 7.78. The summed E-state index contributed by atoms with van der Waals surface area (Å²) in [4.78, 5) is 18.4. The van der Waals surface area contributed by atoms with E-state index in [0.29, 0.717) is 46.6 Å². The molecule has 0 saturated heterocycles. The molecule has 0 fully saturated rings. The van der Waals surface area contributed by atoms with Crippen LogP contribution in [-0.4, -0.2) is 40.3 Å². The van der Waals surface area contributed by atoms with Crippen LogP contribution >= 0.6 is 23.4 Å². The van der Waals surface area contributed by atoms with E-state index in [1.165, 1.54) is 0 Å². The predicted molar refractivity (Wildman–Crippen MR) is 129 cm³/mol. The normalized spacial score (nSPS) is 19.3. The Labute approximate surface area is 195 Å². The van der Waals surface area contributed by atoms with Gasteiger partial charge in [0.05, 0.1) is 11.3 Å². The third-order valence-corrected chi connectivity index (χ3v) is 6.40. The van der Waals surface area contributed by atoms with Gasteiger partial charge in [-0.25, -0.2) is 0 Å². The number of nitrogens with zero attached hydrogens (tertiary/aromatic N) is 1. The lowest BCUT2D eigenvalue weighted by atomic mass is 9.82. The fraction of sp³-hybridized carbons (Fsp3) is 0.583. The molecule has 1 aliphatic carbocycles. The number of benzene rings is 1. The molecule has 0 heterocycles. The molecule has 0 bridgehead atoms. The van der Waals surface area contributed by atoms with Crippen LogP contribution in [0.1, 0.15) is 59.8 Å². The van der Waals surface area contributed by atoms with Gasteiger partial charge in [0.25, 0.3) is 0 Å². The maximum absolute atomic E-state index is 12.8. The number of carbonyl (C=O) groups excluding carboxylic acids is 1. The molecular formula is C24H34ClNO4S. The van der Waals surface area contributed by atoms with Crippen LogP contribution in [0, 0.1) is 5.92 Å². The van der Waals surface area contributed by atoms with Crippen LogP contribution in [0.2, 0.25) is 5.02 Å². The van der Waals surface area contributed by atoms with Crippen molar-refractivity contribution in [3.63, 3.8) is 0 Å². The van der Waals surface area contributed by atoms with Gasteiger partial charge in [0.1, 0.15) is 17.6 Å². The van der Waals surface area contributed by atoms with Gasteiger partial charge in [0.2, 0.25) is 0 Å². The van der Waals surface area contributed by atoms with Crippen LogP contribution in [0.3, 0.4) is 0 Å². The summed E-state index contributed by atoms with van der Waals surface area (Å²) in [5.74, 6) is 2.05. The Kier molecular flexibility index (Phi) is 10.7. The summed E-state index contributed by atoms with van der Waals surface area (Å²) in [6, 6.07) is 7.12. The Morgan fingerprint density at radius 2 is 1.97 bits per heavy atom. The average molecular weight is 468 g/mol. The maximum Gasteiger partial charge on any atom is 0.168 e. The first-order valence-corrected chi connectivity index (χ1v) is 12.4. The molecule has 5 nitrogen and oxygen atoms in total. The van der Waals surface area contributed by atoms with Crippen molar-refractivity contribution in [2.75, 3.05) is 12.4 Å². The molecule has 3 atom stereocenters. The number of hydrogen-bond donors (Lipinski definition) is 1. The first-order chi connectivity index (χ1) is 14.8. The van der Waals surface area contributed by atoms with E-state index in [0.717, 1.165) is 18.6 Å². The quantitative estimate of drug-likeness (QED) is 0.277. The molecule has 0 spiro atoms. The van der Waals surface area contributed by atoms with E-state index in [1.807, 2.05) is 25.6 Å². The third kappa shape index (κ3) is 8.41. The molecule has 0 aliphatic heterocycles. The molecule has 1 aromatic rings. The first-order valence-electron chi connectivity index (χ1n) is 11.0. The molecule has 0 amide bonds. The Hall–Kier alpha value is -1.66. The van der Waals surface area contributed by atoms with Crippen molar-refractivity contribution in [3.8, 4) is 5.75 Å². The molecule has 1 N–H and O–H groups in total. The zero-order valence-corrected chi connectivity index (χ0v) is 20.5.